The van der Waals surface area contributed by atoms with E-state index in [0.29, 0.717) is 23.8 Å². The van der Waals surface area contributed by atoms with Crippen molar-refractivity contribution in [3.63, 3.8) is 0 Å². The number of carboxylic acid groups (broad SMARTS) is 1. The molecular weight excluding hydrogens is 407 g/mol. The Morgan fingerprint density at radius 1 is 1.09 bits per heavy atom. The van der Waals surface area contributed by atoms with Crippen LogP contribution < -0.4 is 10.6 Å². The Morgan fingerprint density at radius 2 is 1.72 bits per heavy atom. The van der Waals surface area contributed by atoms with Crippen molar-refractivity contribution in [1.29, 1.82) is 0 Å². The summed E-state index contributed by atoms with van der Waals surface area (Å²) in [7, 11) is 1.85. The summed E-state index contributed by atoms with van der Waals surface area (Å²) < 4.78 is 13.6. The molecule has 0 radical (unpaired) electrons. The van der Waals surface area contributed by atoms with Gasteiger partial charge in [-0.3, -0.25) is 4.79 Å². The zero-order chi connectivity index (χ0) is 23.5. The lowest BCUT2D eigenvalue weighted by Gasteiger charge is -2.34. The normalized spacial score (nSPS) is 13.4. The van der Waals surface area contributed by atoms with Crippen LogP contribution in [0.4, 0.5) is 16.0 Å². The SMILES string of the molecule is CN(c1ccc(CN)cc1)c1nccc(C(c2ccc(F)cc2)C(C(=O)O)C(C)(C)C)n1. The monoisotopic (exact) mass is 436 g/mol. The molecule has 6 nitrogen and oxygen atoms in total. The molecule has 0 saturated carbocycles. The molecule has 3 rings (SSSR count). The van der Waals surface area contributed by atoms with Crippen molar-refractivity contribution in [2.24, 2.45) is 17.1 Å². The van der Waals surface area contributed by atoms with Gasteiger partial charge in [0.2, 0.25) is 5.95 Å². The number of halogens is 1. The summed E-state index contributed by atoms with van der Waals surface area (Å²) in [6.07, 6.45) is 1.63. The van der Waals surface area contributed by atoms with Crippen LogP contribution in [-0.4, -0.2) is 28.1 Å². The molecular formula is C25H29FN4O2. The maximum Gasteiger partial charge on any atom is 0.308 e. The van der Waals surface area contributed by atoms with Gasteiger partial charge in [0.15, 0.2) is 0 Å². The zero-order valence-electron chi connectivity index (χ0n) is 18.8. The Hall–Kier alpha value is -3.32. The third-order valence-corrected chi connectivity index (χ3v) is 5.60. The van der Waals surface area contributed by atoms with Crippen LogP contribution in [0.15, 0.2) is 60.8 Å². The van der Waals surface area contributed by atoms with E-state index in [1.165, 1.54) is 12.1 Å². The average Bonchev–Trinajstić information content (AvgIpc) is 2.76. The Morgan fingerprint density at radius 3 is 2.25 bits per heavy atom. The molecule has 7 heteroatoms. The first-order valence-corrected chi connectivity index (χ1v) is 10.5. The molecule has 32 heavy (non-hydrogen) atoms. The van der Waals surface area contributed by atoms with Crippen LogP contribution in [0.3, 0.4) is 0 Å². The first kappa shape index (κ1) is 23.3. The van der Waals surface area contributed by atoms with Crippen LogP contribution in [0.5, 0.6) is 0 Å². The molecule has 2 aromatic carbocycles. The summed E-state index contributed by atoms with van der Waals surface area (Å²) in [5, 5.41) is 10.1. The van der Waals surface area contributed by atoms with E-state index in [-0.39, 0.29) is 5.82 Å². The number of nitrogens with zero attached hydrogens (tertiary/aromatic N) is 3. The van der Waals surface area contributed by atoms with Gasteiger partial charge >= 0.3 is 5.97 Å². The second kappa shape index (κ2) is 9.44. The van der Waals surface area contributed by atoms with E-state index in [4.69, 9.17) is 10.7 Å². The highest BCUT2D eigenvalue weighted by atomic mass is 19.1. The van der Waals surface area contributed by atoms with E-state index in [0.717, 1.165) is 11.3 Å². The molecule has 0 aliphatic carbocycles. The molecule has 0 bridgehead atoms. The van der Waals surface area contributed by atoms with E-state index in [1.807, 2.05) is 57.0 Å². The van der Waals surface area contributed by atoms with Gasteiger partial charge in [-0.25, -0.2) is 14.4 Å². The van der Waals surface area contributed by atoms with Crippen LogP contribution in [0.1, 0.15) is 43.5 Å². The van der Waals surface area contributed by atoms with E-state index in [2.05, 4.69) is 4.98 Å². The Balaban J connectivity index is 2.08. The minimum atomic E-state index is -0.933. The van der Waals surface area contributed by atoms with Gasteiger partial charge in [0.05, 0.1) is 11.6 Å². The second-order valence-electron chi connectivity index (χ2n) is 8.92. The third kappa shape index (κ3) is 5.11. The molecule has 0 amide bonds. The smallest absolute Gasteiger partial charge is 0.308 e. The number of carboxylic acids is 1. The van der Waals surface area contributed by atoms with Crippen molar-refractivity contribution in [1.82, 2.24) is 9.97 Å². The summed E-state index contributed by atoms with van der Waals surface area (Å²) in [6.45, 7) is 6.11. The second-order valence-corrected chi connectivity index (χ2v) is 8.92. The lowest BCUT2D eigenvalue weighted by molar-refractivity contribution is -0.146. The number of hydrogen-bond acceptors (Lipinski definition) is 5. The topological polar surface area (TPSA) is 92.3 Å². The molecule has 2 atom stereocenters. The van der Waals surface area contributed by atoms with Crippen LogP contribution >= 0.6 is 0 Å². The molecule has 3 aromatic rings. The summed E-state index contributed by atoms with van der Waals surface area (Å²) >= 11 is 0. The molecule has 2 unspecified atom stereocenters. The van der Waals surface area contributed by atoms with Gasteiger partial charge in [-0.05, 0) is 46.9 Å². The Kier molecular flexibility index (Phi) is 6.89. The molecule has 168 valence electrons. The number of hydrogen-bond donors (Lipinski definition) is 2. The zero-order valence-corrected chi connectivity index (χ0v) is 18.8. The van der Waals surface area contributed by atoms with Gasteiger partial charge in [0, 0.05) is 31.4 Å². The van der Waals surface area contributed by atoms with E-state index < -0.39 is 23.2 Å². The Labute approximate surface area is 187 Å². The minimum absolute atomic E-state index is 0.376. The van der Waals surface area contributed by atoms with Gasteiger partial charge in [0.1, 0.15) is 5.82 Å². The fraction of sp³-hybridized carbons (Fsp3) is 0.320. The van der Waals surface area contributed by atoms with Gasteiger partial charge in [0.25, 0.3) is 0 Å². The van der Waals surface area contributed by atoms with E-state index in [1.54, 1.807) is 24.4 Å². The van der Waals surface area contributed by atoms with Crippen molar-refractivity contribution < 1.29 is 14.3 Å². The van der Waals surface area contributed by atoms with Crippen LogP contribution in [0.2, 0.25) is 0 Å². The van der Waals surface area contributed by atoms with Crippen LogP contribution in [-0.2, 0) is 11.3 Å². The van der Waals surface area contributed by atoms with Crippen molar-refractivity contribution in [3.05, 3.63) is 83.4 Å². The molecule has 0 saturated heterocycles. The fourth-order valence-electron chi connectivity index (χ4n) is 3.88. The predicted molar refractivity (Wildman–Crippen MR) is 123 cm³/mol. The summed E-state index contributed by atoms with van der Waals surface area (Å²) in [5.41, 5.74) is 8.26. The Bertz CT molecular complexity index is 1060. The third-order valence-electron chi connectivity index (χ3n) is 5.60. The first-order valence-electron chi connectivity index (χ1n) is 10.5. The number of rotatable bonds is 7. The predicted octanol–water partition coefficient (Wildman–Crippen LogP) is 4.72. The van der Waals surface area contributed by atoms with Crippen molar-refractivity contribution in [3.8, 4) is 0 Å². The highest BCUT2D eigenvalue weighted by Gasteiger charge is 2.40. The van der Waals surface area contributed by atoms with Crippen LogP contribution in [0, 0.1) is 17.2 Å². The van der Waals surface area contributed by atoms with Gasteiger partial charge in [-0.15, -0.1) is 0 Å². The molecule has 3 N–H and O–H groups in total. The molecule has 0 spiro atoms. The number of carbonyl (C=O) groups is 1. The quantitative estimate of drug-likeness (QED) is 0.557. The summed E-state index contributed by atoms with van der Waals surface area (Å²) in [4.78, 5) is 23.3. The highest BCUT2D eigenvalue weighted by molar-refractivity contribution is 5.73. The lowest BCUT2D eigenvalue weighted by atomic mass is 9.69. The van der Waals surface area contributed by atoms with Gasteiger partial charge in [-0.1, -0.05) is 45.0 Å². The number of anilines is 2. The first-order chi connectivity index (χ1) is 15.1. The number of nitrogens with two attached hydrogens (primary N) is 1. The van der Waals surface area contributed by atoms with Crippen molar-refractivity contribution in [2.45, 2.75) is 33.2 Å². The minimum Gasteiger partial charge on any atom is -0.481 e. The standard InChI is InChI=1S/C25H29FN4O2/c1-25(2,3)22(23(31)32)21(17-7-9-18(26)10-8-17)20-13-14-28-24(29-20)30(4)19-11-5-16(15-27)6-12-19/h5-14,21-22H,15,27H2,1-4H3,(H,31,32). The van der Waals surface area contributed by atoms with Crippen molar-refractivity contribution >= 4 is 17.6 Å². The van der Waals surface area contributed by atoms with Crippen molar-refractivity contribution in [2.75, 3.05) is 11.9 Å². The number of benzene rings is 2. The maximum atomic E-state index is 13.6. The molecule has 1 aromatic heterocycles. The molecule has 1 heterocycles. The lowest BCUT2D eigenvalue weighted by Crippen LogP contribution is -2.35. The summed E-state index contributed by atoms with van der Waals surface area (Å²) in [5.74, 6) is -2.24. The molecule has 0 aliphatic rings. The summed E-state index contributed by atoms with van der Waals surface area (Å²) in [6, 6.07) is 15.4. The average molecular weight is 437 g/mol. The van der Waals surface area contributed by atoms with Gasteiger partial charge in [-0.2, -0.15) is 0 Å². The fourth-order valence-corrected chi connectivity index (χ4v) is 3.88. The maximum absolute atomic E-state index is 13.6. The highest BCUT2D eigenvalue weighted by Crippen LogP contribution is 2.42. The number of aromatic nitrogens is 2. The van der Waals surface area contributed by atoms with E-state index in [9.17, 15) is 14.3 Å². The molecule has 0 aliphatic heterocycles. The largest absolute Gasteiger partial charge is 0.481 e. The van der Waals surface area contributed by atoms with Gasteiger partial charge < -0.3 is 15.7 Å². The molecule has 0 fully saturated rings. The van der Waals surface area contributed by atoms with E-state index >= 15 is 0 Å². The number of aliphatic carboxylic acids is 1. The van der Waals surface area contributed by atoms with Crippen LogP contribution in [0.25, 0.3) is 0 Å².